The Morgan fingerprint density at radius 2 is 2.18 bits per heavy atom. The standard InChI is InChI=1S/C11H20N2O4/c1-4-12-9-6-17-5-8(9)10(14)13(3)7(2)11(15)16/h7-9,12H,4-6H2,1-3H3,(H,15,16). The van der Waals surface area contributed by atoms with Crippen LogP contribution < -0.4 is 5.32 Å². The molecule has 1 heterocycles. The van der Waals surface area contributed by atoms with E-state index in [9.17, 15) is 9.59 Å². The number of nitrogens with zero attached hydrogens (tertiary/aromatic N) is 1. The van der Waals surface area contributed by atoms with Gasteiger partial charge in [-0.1, -0.05) is 6.92 Å². The molecular weight excluding hydrogens is 224 g/mol. The molecule has 1 aliphatic heterocycles. The lowest BCUT2D eigenvalue weighted by molar-refractivity contribution is -0.150. The summed E-state index contributed by atoms with van der Waals surface area (Å²) < 4.78 is 5.28. The number of aliphatic carboxylic acids is 1. The molecule has 1 fully saturated rings. The topological polar surface area (TPSA) is 78.9 Å². The summed E-state index contributed by atoms with van der Waals surface area (Å²) in [6.45, 7) is 5.07. The van der Waals surface area contributed by atoms with E-state index in [1.807, 2.05) is 6.92 Å². The van der Waals surface area contributed by atoms with Gasteiger partial charge in [-0.3, -0.25) is 4.79 Å². The van der Waals surface area contributed by atoms with Gasteiger partial charge in [-0.25, -0.2) is 4.79 Å². The summed E-state index contributed by atoms with van der Waals surface area (Å²) in [6.07, 6.45) is 0. The number of carboxylic acid groups (broad SMARTS) is 1. The van der Waals surface area contributed by atoms with Crippen molar-refractivity contribution in [2.24, 2.45) is 5.92 Å². The monoisotopic (exact) mass is 244 g/mol. The Morgan fingerprint density at radius 1 is 1.53 bits per heavy atom. The lowest BCUT2D eigenvalue weighted by atomic mass is 10.0. The molecule has 1 amide bonds. The van der Waals surface area contributed by atoms with Crippen LogP contribution in [0.2, 0.25) is 0 Å². The molecule has 1 saturated heterocycles. The SMILES string of the molecule is CCNC1COCC1C(=O)N(C)C(C)C(=O)O. The average molecular weight is 244 g/mol. The normalized spacial score (nSPS) is 25.6. The third-order valence-corrected chi connectivity index (χ3v) is 3.15. The summed E-state index contributed by atoms with van der Waals surface area (Å²) in [5, 5.41) is 12.1. The van der Waals surface area contributed by atoms with Gasteiger partial charge in [0.05, 0.1) is 19.1 Å². The molecule has 17 heavy (non-hydrogen) atoms. The average Bonchev–Trinajstić information content (AvgIpc) is 2.74. The Hall–Kier alpha value is -1.14. The highest BCUT2D eigenvalue weighted by Crippen LogP contribution is 2.17. The van der Waals surface area contributed by atoms with Crippen molar-refractivity contribution in [1.82, 2.24) is 10.2 Å². The highest BCUT2D eigenvalue weighted by Gasteiger charge is 2.37. The molecule has 3 unspecified atom stereocenters. The molecule has 98 valence electrons. The summed E-state index contributed by atoms with van der Waals surface area (Å²) in [4.78, 5) is 24.2. The summed E-state index contributed by atoms with van der Waals surface area (Å²) in [6, 6.07) is -0.832. The molecule has 0 aromatic rings. The van der Waals surface area contributed by atoms with E-state index >= 15 is 0 Å². The molecule has 0 radical (unpaired) electrons. The van der Waals surface area contributed by atoms with Crippen molar-refractivity contribution in [1.29, 1.82) is 0 Å². The third-order valence-electron chi connectivity index (χ3n) is 3.15. The number of nitrogens with one attached hydrogen (secondary N) is 1. The number of carbonyl (C=O) groups excluding carboxylic acids is 1. The number of ether oxygens (including phenoxy) is 1. The first kappa shape index (κ1) is 13.9. The summed E-state index contributed by atoms with van der Waals surface area (Å²) in [7, 11) is 1.52. The first-order chi connectivity index (χ1) is 7.99. The Morgan fingerprint density at radius 3 is 2.71 bits per heavy atom. The van der Waals surface area contributed by atoms with Crippen LogP contribution in [0.25, 0.3) is 0 Å². The van der Waals surface area contributed by atoms with Gasteiger partial charge in [0.1, 0.15) is 6.04 Å². The van der Waals surface area contributed by atoms with Crippen molar-refractivity contribution in [3.63, 3.8) is 0 Å². The van der Waals surface area contributed by atoms with Gasteiger partial charge in [-0.15, -0.1) is 0 Å². The van der Waals surface area contributed by atoms with Crippen LogP contribution in [0.5, 0.6) is 0 Å². The summed E-state index contributed by atoms with van der Waals surface area (Å²) >= 11 is 0. The second kappa shape index (κ2) is 5.97. The van der Waals surface area contributed by atoms with Gasteiger partial charge in [-0.05, 0) is 13.5 Å². The molecular formula is C11H20N2O4. The fourth-order valence-electron chi connectivity index (χ4n) is 1.88. The van der Waals surface area contributed by atoms with E-state index in [0.717, 1.165) is 6.54 Å². The zero-order chi connectivity index (χ0) is 13.0. The summed E-state index contributed by atoms with van der Waals surface area (Å²) in [5.41, 5.74) is 0. The van der Waals surface area contributed by atoms with E-state index in [4.69, 9.17) is 9.84 Å². The number of hydrogen-bond donors (Lipinski definition) is 2. The molecule has 0 aromatic carbocycles. The van der Waals surface area contributed by atoms with Gasteiger partial charge < -0.3 is 20.1 Å². The third kappa shape index (κ3) is 3.17. The van der Waals surface area contributed by atoms with E-state index in [1.54, 1.807) is 0 Å². The maximum absolute atomic E-state index is 12.1. The number of carboxylic acids is 1. The number of rotatable bonds is 5. The van der Waals surface area contributed by atoms with E-state index in [1.165, 1.54) is 18.9 Å². The van der Waals surface area contributed by atoms with E-state index in [0.29, 0.717) is 13.2 Å². The van der Waals surface area contributed by atoms with Crippen molar-refractivity contribution in [2.75, 3.05) is 26.8 Å². The Labute approximate surface area is 101 Å². The molecule has 0 aromatic heterocycles. The fraction of sp³-hybridized carbons (Fsp3) is 0.818. The van der Waals surface area contributed by atoms with Crippen molar-refractivity contribution in [3.8, 4) is 0 Å². The molecule has 3 atom stereocenters. The molecule has 0 spiro atoms. The van der Waals surface area contributed by atoms with Crippen molar-refractivity contribution in [3.05, 3.63) is 0 Å². The first-order valence-electron chi connectivity index (χ1n) is 5.79. The van der Waals surface area contributed by atoms with Gasteiger partial charge in [0.15, 0.2) is 0 Å². The van der Waals surface area contributed by atoms with Crippen LogP contribution in [-0.2, 0) is 14.3 Å². The molecule has 6 nitrogen and oxygen atoms in total. The zero-order valence-corrected chi connectivity index (χ0v) is 10.5. The molecule has 1 rings (SSSR count). The van der Waals surface area contributed by atoms with Crippen LogP contribution in [0, 0.1) is 5.92 Å². The van der Waals surface area contributed by atoms with E-state index in [2.05, 4.69) is 5.32 Å². The van der Waals surface area contributed by atoms with E-state index < -0.39 is 12.0 Å². The fourth-order valence-corrected chi connectivity index (χ4v) is 1.88. The second-order valence-corrected chi connectivity index (χ2v) is 4.27. The first-order valence-corrected chi connectivity index (χ1v) is 5.79. The van der Waals surface area contributed by atoms with Gasteiger partial charge in [0, 0.05) is 13.1 Å². The van der Waals surface area contributed by atoms with Crippen molar-refractivity contribution >= 4 is 11.9 Å². The van der Waals surface area contributed by atoms with Crippen LogP contribution in [0.1, 0.15) is 13.8 Å². The smallest absolute Gasteiger partial charge is 0.326 e. The minimum absolute atomic E-state index is 0.0176. The summed E-state index contributed by atoms with van der Waals surface area (Å²) in [5.74, 6) is -1.47. The van der Waals surface area contributed by atoms with Crippen LogP contribution in [0.3, 0.4) is 0 Å². The van der Waals surface area contributed by atoms with Crippen LogP contribution in [-0.4, -0.2) is 60.8 Å². The van der Waals surface area contributed by atoms with Gasteiger partial charge >= 0.3 is 5.97 Å². The van der Waals surface area contributed by atoms with Crippen LogP contribution >= 0.6 is 0 Å². The van der Waals surface area contributed by atoms with Gasteiger partial charge in [0.2, 0.25) is 5.91 Å². The minimum atomic E-state index is -1.00. The molecule has 0 saturated carbocycles. The maximum Gasteiger partial charge on any atom is 0.326 e. The lowest BCUT2D eigenvalue weighted by Crippen LogP contribution is -2.48. The second-order valence-electron chi connectivity index (χ2n) is 4.27. The Bertz CT molecular complexity index is 295. The van der Waals surface area contributed by atoms with Crippen LogP contribution in [0.15, 0.2) is 0 Å². The largest absolute Gasteiger partial charge is 0.480 e. The molecule has 1 aliphatic rings. The number of hydrogen-bond acceptors (Lipinski definition) is 4. The minimum Gasteiger partial charge on any atom is -0.480 e. The van der Waals surface area contributed by atoms with E-state index in [-0.39, 0.29) is 17.9 Å². The Kier molecular flexibility index (Phi) is 4.89. The quantitative estimate of drug-likeness (QED) is 0.684. The lowest BCUT2D eigenvalue weighted by Gasteiger charge is -2.26. The maximum atomic E-state index is 12.1. The molecule has 0 aliphatic carbocycles. The Balaban J connectivity index is 2.65. The number of likely N-dealkylation sites (N-methyl/N-ethyl adjacent to an activating group) is 2. The number of amides is 1. The highest BCUT2D eigenvalue weighted by molar-refractivity contribution is 5.85. The predicted molar refractivity (Wildman–Crippen MR) is 61.6 cm³/mol. The van der Waals surface area contributed by atoms with Crippen molar-refractivity contribution in [2.45, 2.75) is 25.9 Å². The molecule has 6 heteroatoms. The predicted octanol–water partition coefficient (Wildman–Crippen LogP) is -0.458. The van der Waals surface area contributed by atoms with Crippen LogP contribution in [0.4, 0.5) is 0 Å². The molecule has 0 bridgehead atoms. The molecule has 2 N–H and O–H groups in total. The number of carbonyl (C=O) groups is 2. The van der Waals surface area contributed by atoms with Gasteiger partial charge in [-0.2, -0.15) is 0 Å². The highest BCUT2D eigenvalue weighted by atomic mass is 16.5. The van der Waals surface area contributed by atoms with Gasteiger partial charge in [0.25, 0.3) is 0 Å². The van der Waals surface area contributed by atoms with Crippen molar-refractivity contribution < 1.29 is 19.4 Å². The zero-order valence-electron chi connectivity index (χ0n) is 10.5.